The maximum Gasteiger partial charge on any atom is 0.335 e. The first kappa shape index (κ1) is 19.4. The summed E-state index contributed by atoms with van der Waals surface area (Å²) < 4.78 is 17.3. The van der Waals surface area contributed by atoms with Crippen LogP contribution < -0.4 is 4.74 Å². The Hall–Kier alpha value is -2.90. The number of imidazole rings is 1. The number of H-pyrrole nitrogens is 1. The van der Waals surface area contributed by atoms with Gasteiger partial charge in [0.15, 0.2) is 5.79 Å². The number of nitrogens with zero attached hydrogens (tertiary/aromatic N) is 1. The van der Waals surface area contributed by atoms with Crippen LogP contribution in [0.2, 0.25) is 0 Å². The molecule has 1 fully saturated rings. The SMILES string of the molecule is Cc1cc(OCC2COC(C)(C)O2)cc(C)c1-c1nc2ccc(C(=O)O)cc2[nH]1. The standard InChI is InChI=1S/C22H24N2O5/c1-12-7-15(27-10-16-11-28-22(3,4)29-16)8-13(2)19(12)20-23-17-6-5-14(21(25)26)9-18(17)24-20/h5-9,16H,10-11H2,1-4H3,(H,23,24)(H,25,26). The van der Waals surface area contributed by atoms with Crippen molar-refractivity contribution in [2.24, 2.45) is 0 Å². The molecule has 2 heterocycles. The zero-order valence-corrected chi connectivity index (χ0v) is 16.9. The fraction of sp³-hybridized carbons (Fsp3) is 0.364. The molecule has 1 aromatic heterocycles. The molecular formula is C22H24N2O5. The van der Waals surface area contributed by atoms with Crippen molar-refractivity contribution in [1.29, 1.82) is 0 Å². The number of aryl methyl sites for hydroxylation is 2. The van der Waals surface area contributed by atoms with Crippen LogP contribution in [0.4, 0.5) is 0 Å². The number of ether oxygens (including phenoxy) is 3. The number of carbonyl (C=O) groups is 1. The molecule has 7 heteroatoms. The average molecular weight is 396 g/mol. The number of carboxylic acid groups (broad SMARTS) is 1. The summed E-state index contributed by atoms with van der Waals surface area (Å²) in [5, 5.41) is 9.18. The normalized spacial score (nSPS) is 18.3. The zero-order valence-electron chi connectivity index (χ0n) is 16.9. The minimum absolute atomic E-state index is 0.0934. The molecule has 152 valence electrons. The van der Waals surface area contributed by atoms with Crippen molar-refractivity contribution in [2.75, 3.05) is 13.2 Å². The van der Waals surface area contributed by atoms with Crippen LogP contribution in [0.15, 0.2) is 30.3 Å². The van der Waals surface area contributed by atoms with Gasteiger partial charge in [-0.3, -0.25) is 0 Å². The van der Waals surface area contributed by atoms with Crippen molar-refractivity contribution in [3.8, 4) is 17.1 Å². The van der Waals surface area contributed by atoms with Gasteiger partial charge in [-0.05, 0) is 69.2 Å². The van der Waals surface area contributed by atoms with Crippen LogP contribution in [0.3, 0.4) is 0 Å². The Labute approximate surface area is 168 Å². The molecule has 0 spiro atoms. The van der Waals surface area contributed by atoms with Gasteiger partial charge in [0.25, 0.3) is 0 Å². The molecule has 1 atom stereocenters. The van der Waals surface area contributed by atoms with Gasteiger partial charge in [-0.15, -0.1) is 0 Å². The van der Waals surface area contributed by atoms with Gasteiger partial charge in [0.2, 0.25) is 0 Å². The summed E-state index contributed by atoms with van der Waals surface area (Å²) in [6.07, 6.45) is -0.0934. The molecule has 29 heavy (non-hydrogen) atoms. The van der Waals surface area contributed by atoms with E-state index in [2.05, 4.69) is 9.97 Å². The maximum absolute atomic E-state index is 11.2. The minimum Gasteiger partial charge on any atom is -0.491 e. The van der Waals surface area contributed by atoms with Crippen LogP contribution in [0.25, 0.3) is 22.4 Å². The van der Waals surface area contributed by atoms with Crippen LogP contribution >= 0.6 is 0 Å². The van der Waals surface area contributed by atoms with Crippen LogP contribution in [0, 0.1) is 13.8 Å². The first-order valence-electron chi connectivity index (χ1n) is 9.51. The number of hydrogen-bond donors (Lipinski definition) is 2. The van der Waals surface area contributed by atoms with Gasteiger partial charge < -0.3 is 24.3 Å². The van der Waals surface area contributed by atoms with Crippen molar-refractivity contribution >= 4 is 17.0 Å². The first-order chi connectivity index (χ1) is 13.7. The highest BCUT2D eigenvalue weighted by atomic mass is 16.7. The Morgan fingerprint density at radius 2 is 2.00 bits per heavy atom. The summed E-state index contributed by atoms with van der Waals surface area (Å²) in [5.41, 5.74) is 4.66. The van der Waals surface area contributed by atoms with Crippen LogP contribution in [0.1, 0.15) is 35.3 Å². The second-order valence-corrected chi connectivity index (χ2v) is 7.82. The van der Waals surface area contributed by atoms with E-state index in [9.17, 15) is 9.90 Å². The second kappa shape index (κ2) is 7.17. The highest BCUT2D eigenvalue weighted by Gasteiger charge is 2.33. The largest absolute Gasteiger partial charge is 0.491 e. The van der Waals surface area contributed by atoms with Crippen molar-refractivity contribution in [2.45, 2.75) is 39.6 Å². The number of aromatic amines is 1. The molecule has 0 bridgehead atoms. The lowest BCUT2D eigenvalue weighted by atomic mass is 10.0. The van der Waals surface area contributed by atoms with Gasteiger partial charge in [-0.25, -0.2) is 9.78 Å². The number of carboxylic acids is 1. The molecule has 1 aliphatic rings. The van der Waals surface area contributed by atoms with E-state index in [0.29, 0.717) is 24.6 Å². The first-order valence-corrected chi connectivity index (χ1v) is 9.51. The molecule has 0 saturated carbocycles. The van der Waals surface area contributed by atoms with E-state index in [0.717, 1.165) is 28.0 Å². The van der Waals surface area contributed by atoms with E-state index >= 15 is 0 Å². The highest BCUT2D eigenvalue weighted by Crippen LogP contribution is 2.31. The number of aromatic carboxylic acids is 1. The number of rotatable bonds is 5. The van der Waals surface area contributed by atoms with Crippen LogP contribution in [0.5, 0.6) is 5.75 Å². The topological polar surface area (TPSA) is 93.7 Å². The molecule has 0 amide bonds. The molecule has 2 N–H and O–H groups in total. The van der Waals surface area contributed by atoms with E-state index < -0.39 is 11.8 Å². The van der Waals surface area contributed by atoms with Crippen molar-refractivity contribution in [3.63, 3.8) is 0 Å². The van der Waals surface area contributed by atoms with Gasteiger partial charge >= 0.3 is 5.97 Å². The van der Waals surface area contributed by atoms with Gasteiger partial charge in [-0.2, -0.15) is 0 Å². The molecule has 1 aliphatic heterocycles. The summed E-state index contributed by atoms with van der Waals surface area (Å²) in [4.78, 5) is 19.1. The third kappa shape index (κ3) is 3.97. The number of aromatic nitrogens is 2. The number of nitrogens with one attached hydrogen (secondary N) is 1. The molecule has 0 radical (unpaired) electrons. The molecule has 2 aromatic carbocycles. The summed E-state index contributed by atoms with van der Waals surface area (Å²) >= 11 is 0. The Morgan fingerprint density at radius 3 is 2.62 bits per heavy atom. The number of benzene rings is 2. The Kier molecular flexibility index (Phi) is 4.80. The summed E-state index contributed by atoms with van der Waals surface area (Å²) in [6.45, 7) is 8.73. The fourth-order valence-electron chi connectivity index (χ4n) is 3.68. The average Bonchev–Trinajstić information content (AvgIpc) is 3.21. The molecule has 3 aromatic rings. The van der Waals surface area contributed by atoms with E-state index in [1.54, 1.807) is 18.2 Å². The summed E-state index contributed by atoms with van der Waals surface area (Å²) in [5.74, 6) is -0.0532. The molecule has 0 aliphatic carbocycles. The van der Waals surface area contributed by atoms with E-state index in [1.807, 2.05) is 39.8 Å². The van der Waals surface area contributed by atoms with Crippen molar-refractivity contribution < 1.29 is 24.1 Å². The Balaban J connectivity index is 1.57. The third-order valence-electron chi connectivity index (χ3n) is 4.98. The Bertz CT molecular complexity index is 1060. The van der Waals surface area contributed by atoms with Crippen molar-refractivity contribution in [3.05, 3.63) is 47.0 Å². The van der Waals surface area contributed by atoms with Crippen LogP contribution in [-0.4, -0.2) is 46.1 Å². The van der Waals surface area contributed by atoms with Crippen LogP contribution in [-0.2, 0) is 9.47 Å². The van der Waals surface area contributed by atoms with E-state index in [4.69, 9.17) is 14.2 Å². The van der Waals surface area contributed by atoms with Crippen molar-refractivity contribution in [1.82, 2.24) is 9.97 Å². The number of fused-ring (bicyclic) bond motifs is 1. The Morgan fingerprint density at radius 1 is 1.28 bits per heavy atom. The summed E-state index contributed by atoms with van der Waals surface area (Å²) in [6, 6.07) is 8.81. The summed E-state index contributed by atoms with van der Waals surface area (Å²) in [7, 11) is 0. The third-order valence-corrected chi connectivity index (χ3v) is 4.98. The van der Waals surface area contributed by atoms with E-state index in [-0.39, 0.29) is 11.7 Å². The second-order valence-electron chi connectivity index (χ2n) is 7.82. The van der Waals surface area contributed by atoms with Gasteiger partial charge in [0.1, 0.15) is 24.3 Å². The lowest BCUT2D eigenvalue weighted by molar-refractivity contribution is -0.141. The van der Waals surface area contributed by atoms with Gasteiger partial charge in [-0.1, -0.05) is 0 Å². The van der Waals surface area contributed by atoms with Gasteiger partial charge in [0, 0.05) is 5.56 Å². The molecular weight excluding hydrogens is 372 g/mol. The fourth-order valence-corrected chi connectivity index (χ4v) is 3.68. The lowest BCUT2D eigenvalue weighted by Crippen LogP contribution is -2.25. The molecule has 7 nitrogen and oxygen atoms in total. The predicted octanol–water partition coefficient (Wildman–Crippen LogP) is 4.08. The zero-order chi connectivity index (χ0) is 20.8. The lowest BCUT2D eigenvalue weighted by Gasteiger charge is -2.18. The quantitative estimate of drug-likeness (QED) is 0.675. The highest BCUT2D eigenvalue weighted by molar-refractivity contribution is 5.93. The van der Waals surface area contributed by atoms with Gasteiger partial charge in [0.05, 0.1) is 23.2 Å². The smallest absolute Gasteiger partial charge is 0.335 e. The minimum atomic E-state index is -0.961. The van der Waals surface area contributed by atoms with E-state index in [1.165, 1.54) is 0 Å². The number of hydrogen-bond acceptors (Lipinski definition) is 5. The monoisotopic (exact) mass is 396 g/mol. The molecule has 1 unspecified atom stereocenters. The maximum atomic E-state index is 11.2. The predicted molar refractivity (Wildman–Crippen MR) is 108 cm³/mol. The molecule has 1 saturated heterocycles. The molecule has 4 rings (SSSR count).